The van der Waals surface area contributed by atoms with E-state index in [2.05, 4.69) is 6.92 Å². The number of hydrogen-bond donors (Lipinski definition) is 1. The van der Waals surface area contributed by atoms with E-state index in [1.807, 2.05) is 16.7 Å². The molecule has 16 heavy (non-hydrogen) atoms. The summed E-state index contributed by atoms with van der Waals surface area (Å²) in [6.07, 6.45) is 0.265. The Balaban J connectivity index is 0.00000225. The van der Waals surface area contributed by atoms with Crippen molar-refractivity contribution in [3.05, 3.63) is 0 Å². The number of amides is 1. The number of thioether (sulfide) groups is 1. The van der Waals surface area contributed by atoms with Gasteiger partial charge in [-0.3, -0.25) is 4.79 Å². The maximum atomic E-state index is 11.9. The second-order valence-electron chi connectivity index (χ2n) is 3.81. The van der Waals surface area contributed by atoms with Gasteiger partial charge >= 0.3 is 0 Å². The highest BCUT2D eigenvalue weighted by molar-refractivity contribution is 7.99. The van der Waals surface area contributed by atoms with Gasteiger partial charge in [0, 0.05) is 37.7 Å². The van der Waals surface area contributed by atoms with Crippen LogP contribution in [0.4, 0.5) is 0 Å². The molecule has 96 valence electrons. The Morgan fingerprint density at radius 3 is 2.88 bits per heavy atom. The van der Waals surface area contributed by atoms with Crippen LogP contribution in [0.5, 0.6) is 0 Å². The van der Waals surface area contributed by atoms with Crippen molar-refractivity contribution in [2.75, 3.05) is 31.7 Å². The summed E-state index contributed by atoms with van der Waals surface area (Å²) in [5, 5.41) is 0. The van der Waals surface area contributed by atoms with Crippen molar-refractivity contribution < 1.29 is 9.53 Å². The van der Waals surface area contributed by atoms with Gasteiger partial charge in [-0.25, -0.2) is 0 Å². The largest absolute Gasteiger partial charge is 0.380 e. The van der Waals surface area contributed by atoms with Gasteiger partial charge in [0.05, 0.1) is 12.5 Å². The fourth-order valence-electron chi connectivity index (χ4n) is 1.67. The van der Waals surface area contributed by atoms with Gasteiger partial charge in [-0.2, -0.15) is 11.8 Å². The first-order chi connectivity index (χ1) is 7.19. The Morgan fingerprint density at radius 1 is 1.69 bits per heavy atom. The molecule has 6 heteroatoms. The van der Waals surface area contributed by atoms with E-state index in [1.54, 1.807) is 7.11 Å². The summed E-state index contributed by atoms with van der Waals surface area (Å²) in [7, 11) is 1.60. The zero-order valence-electron chi connectivity index (χ0n) is 9.85. The summed E-state index contributed by atoms with van der Waals surface area (Å²) in [5.41, 5.74) is 5.50. The zero-order valence-corrected chi connectivity index (χ0v) is 11.5. The van der Waals surface area contributed by atoms with Crippen LogP contribution in [0, 0.1) is 0 Å². The molecule has 2 atom stereocenters. The predicted molar refractivity (Wildman–Crippen MR) is 70.2 cm³/mol. The number of carbonyl (C=O) groups is 1. The monoisotopic (exact) mass is 268 g/mol. The normalized spacial score (nSPS) is 22.4. The van der Waals surface area contributed by atoms with Crippen molar-refractivity contribution in [3.63, 3.8) is 0 Å². The van der Waals surface area contributed by atoms with E-state index >= 15 is 0 Å². The Bertz CT molecular complexity index is 215. The second-order valence-corrected chi connectivity index (χ2v) is 4.96. The molecule has 4 nitrogen and oxygen atoms in total. The fourth-order valence-corrected chi connectivity index (χ4v) is 2.69. The van der Waals surface area contributed by atoms with E-state index in [9.17, 15) is 4.79 Å². The Kier molecular flexibility index (Phi) is 8.18. The lowest BCUT2D eigenvalue weighted by Gasteiger charge is -2.33. The summed E-state index contributed by atoms with van der Waals surface area (Å²) in [4.78, 5) is 13.9. The van der Waals surface area contributed by atoms with Crippen LogP contribution in [0.3, 0.4) is 0 Å². The smallest absolute Gasteiger partial charge is 0.225 e. The summed E-state index contributed by atoms with van der Waals surface area (Å²) in [6, 6.07) is 0.339. The third-order valence-electron chi connectivity index (χ3n) is 2.69. The molecule has 0 aromatic heterocycles. The lowest BCUT2D eigenvalue weighted by atomic mass is 10.2. The van der Waals surface area contributed by atoms with Crippen LogP contribution in [-0.2, 0) is 9.53 Å². The van der Waals surface area contributed by atoms with Gasteiger partial charge in [-0.1, -0.05) is 0 Å². The standard InChI is InChI=1S/C10H20N2O2S.ClH/c1-8-7-15-4-3-12(8)10(13)5-9(6-11)14-2;/h8-9H,3-7,11H2,1-2H3;1H. The molecule has 0 bridgehead atoms. The molecule has 1 rings (SSSR count). The van der Waals surface area contributed by atoms with E-state index in [0.717, 1.165) is 18.1 Å². The summed E-state index contributed by atoms with van der Waals surface area (Å²) in [6.45, 7) is 3.35. The molecule has 0 aromatic carbocycles. The third-order valence-corrected chi connectivity index (χ3v) is 3.88. The molecule has 1 saturated heterocycles. The average molecular weight is 269 g/mol. The number of nitrogens with zero attached hydrogens (tertiary/aromatic N) is 1. The quantitative estimate of drug-likeness (QED) is 0.817. The SMILES string of the molecule is COC(CN)CC(=O)N1CCSCC1C.Cl. The maximum absolute atomic E-state index is 11.9. The van der Waals surface area contributed by atoms with Crippen molar-refractivity contribution >= 4 is 30.1 Å². The number of nitrogens with two attached hydrogens (primary N) is 1. The fraction of sp³-hybridized carbons (Fsp3) is 0.900. The van der Waals surface area contributed by atoms with Crippen LogP contribution in [0.1, 0.15) is 13.3 Å². The molecule has 0 aliphatic carbocycles. The van der Waals surface area contributed by atoms with Gasteiger partial charge in [-0.05, 0) is 6.92 Å². The van der Waals surface area contributed by atoms with E-state index in [0.29, 0.717) is 19.0 Å². The number of ether oxygens (including phenoxy) is 1. The zero-order chi connectivity index (χ0) is 11.3. The van der Waals surface area contributed by atoms with Crippen LogP contribution in [-0.4, -0.2) is 54.7 Å². The molecule has 1 aliphatic rings. The van der Waals surface area contributed by atoms with Crippen LogP contribution in [0.15, 0.2) is 0 Å². The van der Waals surface area contributed by atoms with Crippen LogP contribution < -0.4 is 5.73 Å². The Hall–Kier alpha value is 0.0300. The number of rotatable bonds is 4. The minimum Gasteiger partial charge on any atom is -0.380 e. The third kappa shape index (κ3) is 4.49. The summed E-state index contributed by atoms with van der Waals surface area (Å²) >= 11 is 1.90. The Morgan fingerprint density at radius 2 is 2.38 bits per heavy atom. The number of methoxy groups -OCH3 is 1. The highest BCUT2D eigenvalue weighted by atomic mass is 35.5. The molecule has 0 aromatic rings. The first kappa shape index (κ1) is 16.0. The first-order valence-electron chi connectivity index (χ1n) is 5.29. The summed E-state index contributed by atoms with van der Waals surface area (Å²) in [5.74, 6) is 2.24. The van der Waals surface area contributed by atoms with Gasteiger partial charge in [0.1, 0.15) is 0 Å². The minimum atomic E-state index is -0.140. The molecule has 2 N–H and O–H groups in total. The number of hydrogen-bond acceptors (Lipinski definition) is 4. The van der Waals surface area contributed by atoms with E-state index in [4.69, 9.17) is 10.5 Å². The molecule has 1 aliphatic heterocycles. The predicted octanol–water partition coefficient (Wildman–Crippen LogP) is 0.736. The number of halogens is 1. The molecule has 2 unspecified atom stereocenters. The van der Waals surface area contributed by atoms with Crippen LogP contribution in [0.25, 0.3) is 0 Å². The molecule has 1 fully saturated rings. The Labute approximate surface area is 108 Å². The van der Waals surface area contributed by atoms with Crippen LogP contribution in [0.2, 0.25) is 0 Å². The molecule has 0 radical (unpaired) electrons. The molecule has 0 saturated carbocycles. The topological polar surface area (TPSA) is 55.6 Å². The van der Waals surface area contributed by atoms with E-state index in [-0.39, 0.29) is 24.4 Å². The van der Waals surface area contributed by atoms with Gasteiger partial charge < -0.3 is 15.4 Å². The molecule has 0 spiro atoms. The summed E-state index contributed by atoms with van der Waals surface area (Å²) < 4.78 is 5.12. The van der Waals surface area contributed by atoms with Crippen molar-refractivity contribution in [1.29, 1.82) is 0 Å². The average Bonchev–Trinajstić information content (AvgIpc) is 2.26. The van der Waals surface area contributed by atoms with Gasteiger partial charge in [0.25, 0.3) is 0 Å². The molecule has 1 heterocycles. The van der Waals surface area contributed by atoms with E-state index in [1.165, 1.54) is 0 Å². The van der Waals surface area contributed by atoms with Gasteiger partial charge in [-0.15, -0.1) is 12.4 Å². The maximum Gasteiger partial charge on any atom is 0.225 e. The van der Waals surface area contributed by atoms with E-state index < -0.39 is 0 Å². The molecule has 1 amide bonds. The van der Waals surface area contributed by atoms with Crippen molar-refractivity contribution in [1.82, 2.24) is 4.90 Å². The minimum absolute atomic E-state index is 0. The highest BCUT2D eigenvalue weighted by Gasteiger charge is 2.25. The lowest BCUT2D eigenvalue weighted by molar-refractivity contribution is -0.135. The van der Waals surface area contributed by atoms with Gasteiger partial charge in [0.2, 0.25) is 5.91 Å². The second kappa shape index (κ2) is 8.17. The first-order valence-corrected chi connectivity index (χ1v) is 6.44. The van der Waals surface area contributed by atoms with Crippen molar-refractivity contribution in [2.45, 2.75) is 25.5 Å². The van der Waals surface area contributed by atoms with Crippen molar-refractivity contribution in [2.24, 2.45) is 5.73 Å². The van der Waals surface area contributed by atoms with Crippen LogP contribution >= 0.6 is 24.2 Å². The molecular formula is C10H21ClN2O2S. The van der Waals surface area contributed by atoms with Crippen molar-refractivity contribution in [3.8, 4) is 0 Å². The highest BCUT2D eigenvalue weighted by Crippen LogP contribution is 2.17. The van der Waals surface area contributed by atoms with Gasteiger partial charge in [0.15, 0.2) is 0 Å². The lowest BCUT2D eigenvalue weighted by Crippen LogP contribution is -2.46. The molecular weight excluding hydrogens is 248 g/mol. The number of carbonyl (C=O) groups excluding carboxylic acids is 1.